The molecule has 0 aliphatic carbocycles. The maximum absolute atomic E-state index is 4.08. The van der Waals surface area contributed by atoms with Crippen molar-refractivity contribution in [1.82, 2.24) is 9.97 Å². The van der Waals surface area contributed by atoms with Gasteiger partial charge >= 0.3 is 0 Å². The first kappa shape index (κ1) is 15.2. The number of benzene rings is 3. The van der Waals surface area contributed by atoms with Crippen LogP contribution in [0.15, 0.2) is 91.4 Å². The molecule has 25 heavy (non-hydrogen) atoms. The molecule has 1 heterocycles. The van der Waals surface area contributed by atoms with E-state index in [9.17, 15) is 0 Å². The molecular weight excluding hydrogens is 306 g/mol. The van der Waals surface area contributed by atoms with Crippen LogP contribution in [0.5, 0.6) is 0 Å². The summed E-state index contributed by atoms with van der Waals surface area (Å²) in [5, 5.41) is 3.49. The van der Waals surface area contributed by atoms with E-state index in [-0.39, 0.29) is 0 Å². The fourth-order valence-corrected chi connectivity index (χ4v) is 2.86. The lowest BCUT2D eigenvalue weighted by Crippen LogP contribution is -1.99. The number of H-pyrrole nitrogens is 1. The number of imidazole rings is 1. The lowest BCUT2D eigenvalue weighted by Gasteiger charge is -2.09. The van der Waals surface area contributed by atoms with E-state index < -0.39 is 0 Å². The lowest BCUT2D eigenvalue weighted by molar-refractivity contribution is 1.15. The molecule has 0 aliphatic heterocycles. The van der Waals surface area contributed by atoms with Gasteiger partial charge in [0.05, 0.1) is 18.2 Å². The van der Waals surface area contributed by atoms with Gasteiger partial charge in [-0.1, -0.05) is 66.7 Å². The number of anilines is 1. The minimum absolute atomic E-state index is 0.793. The van der Waals surface area contributed by atoms with Crippen LogP contribution in [0.1, 0.15) is 5.56 Å². The van der Waals surface area contributed by atoms with Crippen LogP contribution in [-0.2, 0) is 6.54 Å². The topological polar surface area (TPSA) is 40.7 Å². The number of aromatic nitrogens is 2. The van der Waals surface area contributed by atoms with Crippen molar-refractivity contribution in [3.8, 4) is 22.4 Å². The molecule has 4 aromatic rings. The highest BCUT2D eigenvalue weighted by molar-refractivity contribution is 5.65. The molecule has 0 unspecified atom stereocenters. The van der Waals surface area contributed by atoms with Crippen molar-refractivity contribution in [2.45, 2.75) is 6.54 Å². The van der Waals surface area contributed by atoms with E-state index in [1.54, 1.807) is 6.33 Å². The third-order valence-corrected chi connectivity index (χ3v) is 4.23. The van der Waals surface area contributed by atoms with Crippen molar-refractivity contribution in [3.63, 3.8) is 0 Å². The highest BCUT2D eigenvalue weighted by atomic mass is 14.9. The number of hydrogen-bond donors (Lipinski definition) is 2. The van der Waals surface area contributed by atoms with Gasteiger partial charge in [-0.05, 0) is 28.8 Å². The molecule has 1 aromatic heterocycles. The molecule has 122 valence electrons. The Balaban J connectivity index is 1.44. The van der Waals surface area contributed by atoms with Crippen LogP contribution in [0, 0.1) is 0 Å². The molecular formula is C22H19N3. The van der Waals surface area contributed by atoms with Gasteiger partial charge in [-0.15, -0.1) is 0 Å². The Morgan fingerprint density at radius 2 is 1.52 bits per heavy atom. The Morgan fingerprint density at radius 3 is 2.28 bits per heavy atom. The summed E-state index contributed by atoms with van der Waals surface area (Å²) in [7, 11) is 0. The van der Waals surface area contributed by atoms with Crippen LogP contribution in [0.3, 0.4) is 0 Å². The van der Waals surface area contributed by atoms with Gasteiger partial charge in [0, 0.05) is 17.8 Å². The van der Waals surface area contributed by atoms with Crippen molar-refractivity contribution >= 4 is 5.69 Å². The number of nitrogens with one attached hydrogen (secondary N) is 2. The summed E-state index contributed by atoms with van der Waals surface area (Å²) in [6.45, 7) is 0.793. The summed E-state index contributed by atoms with van der Waals surface area (Å²) in [6.07, 6.45) is 3.53. The number of aromatic amines is 1. The maximum Gasteiger partial charge on any atom is 0.0924 e. The predicted octanol–water partition coefficient (Wildman–Crippen LogP) is 5.36. The van der Waals surface area contributed by atoms with Gasteiger partial charge in [-0.3, -0.25) is 0 Å². The van der Waals surface area contributed by atoms with Crippen molar-refractivity contribution in [3.05, 3.63) is 97.0 Å². The number of hydrogen-bond acceptors (Lipinski definition) is 2. The second kappa shape index (κ2) is 7.05. The van der Waals surface area contributed by atoms with E-state index in [1.807, 2.05) is 12.3 Å². The number of nitrogens with zero attached hydrogens (tertiary/aromatic N) is 1. The Morgan fingerprint density at radius 1 is 0.760 bits per heavy atom. The Bertz CT molecular complexity index is 927. The first-order valence-electron chi connectivity index (χ1n) is 8.35. The van der Waals surface area contributed by atoms with Gasteiger partial charge in [0.1, 0.15) is 0 Å². The molecule has 3 nitrogen and oxygen atoms in total. The minimum Gasteiger partial charge on any atom is -0.381 e. The molecule has 0 aliphatic rings. The van der Waals surface area contributed by atoms with Crippen molar-refractivity contribution < 1.29 is 0 Å². The zero-order valence-electron chi connectivity index (χ0n) is 13.8. The van der Waals surface area contributed by atoms with Crippen molar-refractivity contribution in [2.75, 3.05) is 5.32 Å². The predicted molar refractivity (Wildman–Crippen MR) is 103 cm³/mol. The third kappa shape index (κ3) is 3.61. The fraction of sp³-hybridized carbons (Fsp3) is 0.0455. The van der Waals surface area contributed by atoms with Gasteiger partial charge in [-0.2, -0.15) is 0 Å². The number of rotatable bonds is 5. The zero-order valence-corrected chi connectivity index (χ0v) is 13.8. The van der Waals surface area contributed by atoms with Crippen LogP contribution in [0.25, 0.3) is 22.4 Å². The van der Waals surface area contributed by atoms with E-state index in [0.29, 0.717) is 0 Å². The van der Waals surface area contributed by atoms with Crippen LogP contribution >= 0.6 is 0 Å². The normalized spacial score (nSPS) is 10.6. The van der Waals surface area contributed by atoms with Crippen LogP contribution in [0.2, 0.25) is 0 Å². The maximum atomic E-state index is 4.08. The first-order valence-corrected chi connectivity index (χ1v) is 8.35. The van der Waals surface area contributed by atoms with Gasteiger partial charge in [-0.25, -0.2) is 4.98 Å². The molecule has 0 saturated carbocycles. The lowest BCUT2D eigenvalue weighted by atomic mass is 10.0. The zero-order chi connectivity index (χ0) is 16.9. The Kier molecular flexibility index (Phi) is 4.29. The van der Waals surface area contributed by atoms with E-state index in [4.69, 9.17) is 0 Å². The minimum atomic E-state index is 0.793. The molecule has 0 amide bonds. The van der Waals surface area contributed by atoms with Gasteiger partial charge in [0.25, 0.3) is 0 Å². The van der Waals surface area contributed by atoms with Crippen molar-refractivity contribution in [2.24, 2.45) is 0 Å². The molecule has 3 heteroatoms. The molecule has 0 saturated heterocycles. The third-order valence-electron chi connectivity index (χ3n) is 4.23. The van der Waals surface area contributed by atoms with Crippen LogP contribution in [0.4, 0.5) is 5.69 Å². The van der Waals surface area contributed by atoms with Gasteiger partial charge in [0.2, 0.25) is 0 Å². The van der Waals surface area contributed by atoms with Crippen LogP contribution < -0.4 is 5.32 Å². The highest BCUT2D eigenvalue weighted by Gasteiger charge is 2.01. The quantitative estimate of drug-likeness (QED) is 0.519. The van der Waals surface area contributed by atoms with E-state index >= 15 is 0 Å². The molecule has 3 aromatic carbocycles. The van der Waals surface area contributed by atoms with Crippen molar-refractivity contribution in [1.29, 1.82) is 0 Å². The summed E-state index contributed by atoms with van der Waals surface area (Å²) < 4.78 is 0. The second-order valence-corrected chi connectivity index (χ2v) is 5.96. The SMILES string of the molecule is c1ccc(-c2ccc(CNc3cccc(-c4cnc[nH]4)c3)cc2)cc1. The summed E-state index contributed by atoms with van der Waals surface area (Å²) in [6, 6.07) is 27.5. The molecule has 0 fully saturated rings. The molecule has 0 atom stereocenters. The average molecular weight is 325 g/mol. The standard InChI is InChI=1S/C22H19N3/c1-2-5-18(6-3-1)19-11-9-17(10-12-19)14-24-21-8-4-7-20(13-21)22-15-23-16-25-22/h1-13,15-16,24H,14H2,(H,23,25). The molecule has 4 rings (SSSR count). The largest absolute Gasteiger partial charge is 0.381 e. The van der Waals surface area contributed by atoms with E-state index in [2.05, 4.69) is 88.1 Å². The highest BCUT2D eigenvalue weighted by Crippen LogP contribution is 2.22. The van der Waals surface area contributed by atoms with Crippen LogP contribution in [-0.4, -0.2) is 9.97 Å². The monoisotopic (exact) mass is 325 g/mol. The van der Waals surface area contributed by atoms with Gasteiger partial charge in [0.15, 0.2) is 0 Å². The average Bonchev–Trinajstić information content (AvgIpc) is 3.23. The molecule has 0 bridgehead atoms. The summed E-state index contributed by atoms with van der Waals surface area (Å²) in [4.78, 5) is 7.22. The van der Waals surface area contributed by atoms with Gasteiger partial charge < -0.3 is 10.3 Å². The fourth-order valence-electron chi connectivity index (χ4n) is 2.86. The molecule has 2 N–H and O–H groups in total. The summed E-state index contributed by atoms with van der Waals surface area (Å²) >= 11 is 0. The molecule has 0 spiro atoms. The molecule has 0 radical (unpaired) electrons. The second-order valence-electron chi connectivity index (χ2n) is 5.96. The summed E-state index contributed by atoms with van der Waals surface area (Å²) in [5.74, 6) is 0. The Hall–Kier alpha value is -3.33. The Labute approximate surface area is 147 Å². The smallest absolute Gasteiger partial charge is 0.0924 e. The first-order chi connectivity index (χ1) is 12.4. The van der Waals surface area contributed by atoms with E-state index in [1.165, 1.54) is 16.7 Å². The summed E-state index contributed by atoms with van der Waals surface area (Å²) in [5.41, 5.74) is 6.99. The van der Waals surface area contributed by atoms with E-state index in [0.717, 1.165) is 23.5 Å².